The Kier molecular flexibility index (Phi) is 5.97. The lowest BCUT2D eigenvalue weighted by atomic mass is 10.1. The quantitative estimate of drug-likeness (QED) is 0.752. The molecule has 1 N–H and O–H groups in total. The minimum Gasteiger partial charge on any atom is -0.366 e. The van der Waals surface area contributed by atoms with E-state index in [1.807, 2.05) is 0 Å². The lowest BCUT2D eigenvalue weighted by Crippen LogP contribution is -2.52. The van der Waals surface area contributed by atoms with Gasteiger partial charge in [-0.1, -0.05) is 17.7 Å². The summed E-state index contributed by atoms with van der Waals surface area (Å²) in [6.07, 6.45) is -4.91. The Morgan fingerprint density at radius 2 is 1.69 bits per heavy atom. The summed E-state index contributed by atoms with van der Waals surface area (Å²) in [5.41, 5.74) is 0.983. The number of nitrogens with zero attached hydrogens (tertiary/aromatic N) is 2. The van der Waals surface area contributed by atoms with Gasteiger partial charge >= 0.3 is 12.1 Å². The number of amides is 2. The van der Waals surface area contributed by atoms with Gasteiger partial charge in [0.1, 0.15) is 5.82 Å². The topological polar surface area (TPSA) is 52.7 Å². The Morgan fingerprint density at radius 1 is 1.00 bits per heavy atom. The van der Waals surface area contributed by atoms with Crippen molar-refractivity contribution in [3.63, 3.8) is 0 Å². The van der Waals surface area contributed by atoms with Crippen molar-refractivity contribution in [2.45, 2.75) is 6.18 Å². The van der Waals surface area contributed by atoms with E-state index >= 15 is 0 Å². The third-order valence-corrected chi connectivity index (χ3v) is 4.68. The van der Waals surface area contributed by atoms with Gasteiger partial charge in [-0.05, 0) is 36.4 Å². The van der Waals surface area contributed by atoms with Crippen LogP contribution in [0, 0.1) is 5.82 Å². The van der Waals surface area contributed by atoms with Crippen LogP contribution in [0.15, 0.2) is 42.5 Å². The number of benzene rings is 2. The Balaban J connectivity index is 1.76. The van der Waals surface area contributed by atoms with Crippen molar-refractivity contribution >= 4 is 34.8 Å². The van der Waals surface area contributed by atoms with E-state index in [-0.39, 0.29) is 31.7 Å². The predicted octanol–water partition coefficient (Wildman–Crippen LogP) is 3.94. The molecule has 2 amide bonds. The lowest BCUT2D eigenvalue weighted by Gasteiger charge is -2.37. The van der Waals surface area contributed by atoms with Gasteiger partial charge in [-0.3, -0.25) is 9.59 Å². The number of nitrogens with one attached hydrogen (secondary N) is 1. The van der Waals surface area contributed by atoms with Crippen LogP contribution in [0.2, 0.25) is 5.02 Å². The first kappa shape index (κ1) is 20.9. The smallest absolute Gasteiger partial charge is 0.366 e. The SMILES string of the molecule is O=C(Nc1cc(Cl)ccc1N1CCN(C(=O)C(F)(F)F)CC1)c1cccc(F)c1. The number of piperazine rings is 1. The standard InChI is InChI=1S/C19H16ClF4N3O2/c20-13-4-5-16(26-6-8-27(9-7-26)18(29)19(22,23)24)15(11-13)25-17(28)12-2-1-3-14(21)10-12/h1-5,10-11H,6-9H2,(H,25,28). The van der Waals surface area contributed by atoms with Crippen LogP contribution >= 0.6 is 11.6 Å². The van der Waals surface area contributed by atoms with Crippen molar-refractivity contribution in [3.8, 4) is 0 Å². The highest BCUT2D eigenvalue weighted by atomic mass is 35.5. The van der Waals surface area contributed by atoms with Crippen LogP contribution in [0.5, 0.6) is 0 Å². The first-order valence-electron chi connectivity index (χ1n) is 8.62. The molecule has 0 bridgehead atoms. The second-order valence-corrected chi connectivity index (χ2v) is 6.84. The van der Waals surface area contributed by atoms with E-state index in [0.717, 1.165) is 11.0 Å². The third kappa shape index (κ3) is 4.97. The average Bonchev–Trinajstić information content (AvgIpc) is 2.67. The van der Waals surface area contributed by atoms with Crippen molar-refractivity contribution in [1.29, 1.82) is 0 Å². The van der Waals surface area contributed by atoms with Gasteiger partial charge in [0.25, 0.3) is 5.91 Å². The molecular weight excluding hydrogens is 414 g/mol. The molecule has 1 saturated heterocycles. The summed E-state index contributed by atoms with van der Waals surface area (Å²) in [7, 11) is 0. The van der Waals surface area contributed by atoms with Gasteiger partial charge in [-0.25, -0.2) is 4.39 Å². The fourth-order valence-electron chi connectivity index (χ4n) is 3.04. The second-order valence-electron chi connectivity index (χ2n) is 6.40. The Labute approximate surface area is 168 Å². The molecule has 0 aromatic heterocycles. The Morgan fingerprint density at radius 3 is 2.31 bits per heavy atom. The Hall–Kier alpha value is -2.81. The van der Waals surface area contributed by atoms with Crippen LogP contribution in [0.25, 0.3) is 0 Å². The summed E-state index contributed by atoms with van der Waals surface area (Å²) in [6, 6.07) is 9.86. The van der Waals surface area contributed by atoms with Gasteiger partial charge in [0.15, 0.2) is 0 Å². The predicted molar refractivity (Wildman–Crippen MR) is 101 cm³/mol. The van der Waals surface area contributed by atoms with Gasteiger partial charge in [0, 0.05) is 36.8 Å². The number of carbonyl (C=O) groups excluding carboxylic acids is 2. The molecule has 1 heterocycles. The monoisotopic (exact) mass is 429 g/mol. The molecule has 29 heavy (non-hydrogen) atoms. The van der Waals surface area contributed by atoms with E-state index in [1.54, 1.807) is 17.0 Å². The number of alkyl halides is 3. The van der Waals surface area contributed by atoms with E-state index in [4.69, 9.17) is 11.6 Å². The van der Waals surface area contributed by atoms with Crippen LogP contribution in [-0.2, 0) is 4.79 Å². The van der Waals surface area contributed by atoms with E-state index < -0.39 is 23.8 Å². The van der Waals surface area contributed by atoms with Gasteiger partial charge in [0.05, 0.1) is 11.4 Å². The molecule has 1 fully saturated rings. The number of carbonyl (C=O) groups is 2. The van der Waals surface area contributed by atoms with Crippen molar-refractivity contribution in [2.75, 3.05) is 36.4 Å². The molecule has 3 rings (SSSR count). The highest BCUT2D eigenvalue weighted by molar-refractivity contribution is 6.31. The van der Waals surface area contributed by atoms with Gasteiger partial charge in [-0.2, -0.15) is 13.2 Å². The van der Waals surface area contributed by atoms with E-state index in [9.17, 15) is 27.2 Å². The Bertz CT molecular complexity index is 928. The fourth-order valence-corrected chi connectivity index (χ4v) is 3.21. The highest BCUT2D eigenvalue weighted by Crippen LogP contribution is 2.31. The summed E-state index contributed by atoms with van der Waals surface area (Å²) < 4.78 is 51.2. The normalized spacial score (nSPS) is 14.7. The molecule has 1 aliphatic rings. The van der Waals surface area contributed by atoms with Gasteiger partial charge in [-0.15, -0.1) is 0 Å². The van der Waals surface area contributed by atoms with E-state index in [1.165, 1.54) is 24.3 Å². The summed E-state index contributed by atoms with van der Waals surface area (Å²) in [5.74, 6) is -2.98. The molecule has 10 heteroatoms. The lowest BCUT2D eigenvalue weighted by molar-refractivity contribution is -0.185. The number of anilines is 2. The van der Waals surface area contributed by atoms with Crippen LogP contribution in [0.3, 0.4) is 0 Å². The van der Waals surface area contributed by atoms with Crippen LogP contribution in [0.4, 0.5) is 28.9 Å². The largest absolute Gasteiger partial charge is 0.471 e. The first-order chi connectivity index (χ1) is 13.6. The molecule has 0 saturated carbocycles. The summed E-state index contributed by atoms with van der Waals surface area (Å²) in [5, 5.41) is 3.00. The molecule has 0 aliphatic carbocycles. The molecule has 0 atom stereocenters. The summed E-state index contributed by atoms with van der Waals surface area (Å²) in [6.45, 7) is 0.0646. The van der Waals surface area contributed by atoms with Gasteiger partial charge < -0.3 is 15.1 Å². The molecule has 0 spiro atoms. The number of halogens is 5. The van der Waals surface area contributed by atoms with Crippen molar-refractivity contribution in [3.05, 3.63) is 58.9 Å². The van der Waals surface area contributed by atoms with Crippen LogP contribution < -0.4 is 10.2 Å². The maximum atomic E-state index is 13.4. The first-order valence-corrected chi connectivity index (χ1v) is 9.00. The zero-order chi connectivity index (χ0) is 21.2. The molecule has 154 valence electrons. The van der Waals surface area contributed by atoms with Crippen molar-refractivity contribution < 1.29 is 27.2 Å². The fraction of sp³-hybridized carbons (Fsp3) is 0.263. The molecule has 0 unspecified atom stereocenters. The number of hydrogen-bond donors (Lipinski definition) is 1. The van der Waals surface area contributed by atoms with Crippen molar-refractivity contribution in [2.24, 2.45) is 0 Å². The zero-order valence-corrected chi connectivity index (χ0v) is 15.7. The van der Waals surface area contributed by atoms with Crippen molar-refractivity contribution in [1.82, 2.24) is 4.90 Å². The third-order valence-electron chi connectivity index (χ3n) is 4.44. The molecule has 1 aliphatic heterocycles. The maximum Gasteiger partial charge on any atom is 0.471 e. The average molecular weight is 430 g/mol. The second kappa shape index (κ2) is 8.28. The minimum atomic E-state index is -4.91. The maximum absolute atomic E-state index is 13.4. The summed E-state index contributed by atoms with van der Waals surface area (Å²) in [4.78, 5) is 26.3. The highest BCUT2D eigenvalue weighted by Gasteiger charge is 2.43. The van der Waals surface area contributed by atoms with E-state index in [2.05, 4.69) is 5.32 Å². The van der Waals surface area contributed by atoms with E-state index in [0.29, 0.717) is 16.4 Å². The van der Waals surface area contributed by atoms with Crippen LogP contribution in [-0.4, -0.2) is 49.1 Å². The number of rotatable bonds is 3. The molecule has 2 aromatic rings. The van der Waals surface area contributed by atoms with Gasteiger partial charge in [0.2, 0.25) is 0 Å². The minimum absolute atomic E-state index is 0.108. The number of hydrogen-bond acceptors (Lipinski definition) is 3. The molecule has 2 aromatic carbocycles. The molecule has 5 nitrogen and oxygen atoms in total. The van der Waals surface area contributed by atoms with Crippen LogP contribution in [0.1, 0.15) is 10.4 Å². The summed E-state index contributed by atoms with van der Waals surface area (Å²) >= 11 is 6.02. The molecular formula is C19H16ClF4N3O2. The molecule has 0 radical (unpaired) electrons. The zero-order valence-electron chi connectivity index (χ0n) is 15.0.